The van der Waals surface area contributed by atoms with E-state index in [0.717, 1.165) is 61.5 Å². The Bertz CT molecular complexity index is 851. The Labute approximate surface area is 199 Å². The number of rotatable bonds is 11. The predicted molar refractivity (Wildman–Crippen MR) is 135 cm³/mol. The Kier molecular flexibility index (Phi) is 10.0. The molecule has 1 saturated heterocycles. The van der Waals surface area contributed by atoms with E-state index in [1.54, 1.807) is 12.1 Å². The first-order chi connectivity index (χ1) is 15.8. The van der Waals surface area contributed by atoms with E-state index < -0.39 is 0 Å². The number of esters is 1. The fourth-order valence-electron chi connectivity index (χ4n) is 4.48. The Morgan fingerprint density at radius 1 is 1.33 bits per heavy atom. The van der Waals surface area contributed by atoms with Crippen LogP contribution in [-0.2, 0) is 16.0 Å². The SMILES string of the molecule is CC/C=C\N(C)C/C(=C(/N)c1ccc(N2CCC(C(CC)C(=O)OC)C2)c(CC)n1)N(C)N. The minimum Gasteiger partial charge on any atom is -0.469 e. The van der Waals surface area contributed by atoms with Gasteiger partial charge in [-0.2, -0.15) is 0 Å². The van der Waals surface area contributed by atoms with Crippen LogP contribution < -0.4 is 16.5 Å². The number of aryl methyl sites for hydroxylation is 1. The summed E-state index contributed by atoms with van der Waals surface area (Å²) in [4.78, 5) is 21.5. The van der Waals surface area contributed by atoms with Crippen molar-refractivity contribution in [2.45, 2.75) is 46.5 Å². The number of nitrogens with zero attached hydrogens (tertiary/aromatic N) is 4. The number of hydrazine groups is 1. The Balaban J connectivity index is 2.29. The molecular formula is C25H42N6O2. The molecule has 2 rings (SSSR count). The van der Waals surface area contributed by atoms with Crippen molar-refractivity contribution in [3.05, 3.63) is 41.5 Å². The normalized spacial score (nSPS) is 17.8. The molecule has 1 aromatic heterocycles. The Morgan fingerprint density at radius 3 is 2.64 bits per heavy atom. The van der Waals surface area contributed by atoms with Crippen molar-refractivity contribution >= 4 is 17.4 Å². The molecule has 2 heterocycles. The molecule has 0 bridgehead atoms. The number of hydrogen-bond acceptors (Lipinski definition) is 8. The van der Waals surface area contributed by atoms with Gasteiger partial charge in [0.05, 0.1) is 48.0 Å². The Morgan fingerprint density at radius 2 is 2.06 bits per heavy atom. The summed E-state index contributed by atoms with van der Waals surface area (Å²) in [5.74, 6) is 6.24. The molecule has 2 atom stereocenters. The standard InChI is InChI=1S/C25H42N6O2/c1-7-10-14-29(4)17-23(30(5)27)24(26)21-11-12-22(20(9-3)28-21)31-15-13-18(16-31)19(8-2)25(32)33-6/h10-12,14,18-19H,7-9,13,15-17,26-27H2,1-6H3/b14-10-,24-23-. The molecule has 184 valence electrons. The molecule has 1 aliphatic heterocycles. The van der Waals surface area contributed by atoms with E-state index in [1.165, 1.54) is 7.11 Å². The molecule has 8 heteroatoms. The minimum atomic E-state index is -0.108. The van der Waals surface area contributed by atoms with Gasteiger partial charge in [0, 0.05) is 27.2 Å². The summed E-state index contributed by atoms with van der Waals surface area (Å²) in [7, 11) is 5.27. The first-order valence-corrected chi connectivity index (χ1v) is 11.9. The van der Waals surface area contributed by atoms with Gasteiger partial charge in [-0.05, 0) is 49.9 Å². The summed E-state index contributed by atoms with van der Waals surface area (Å²) < 4.78 is 5.02. The van der Waals surface area contributed by atoms with Crippen LogP contribution in [0, 0.1) is 11.8 Å². The van der Waals surface area contributed by atoms with Gasteiger partial charge in [-0.3, -0.25) is 4.79 Å². The first-order valence-electron chi connectivity index (χ1n) is 11.9. The number of ether oxygens (including phenoxy) is 1. The quantitative estimate of drug-likeness (QED) is 0.297. The van der Waals surface area contributed by atoms with E-state index in [0.29, 0.717) is 18.2 Å². The highest BCUT2D eigenvalue weighted by Crippen LogP contribution is 2.33. The van der Waals surface area contributed by atoms with Gasteiger partial charge in [-0.25, -0.2) is 10.8 Å². The zero-order valence-electron chi connectivity index (χ0n) is 21.2. The molecule has 0 spiro atoms. The molecule has 4 N–H and O–H groups in total. The Hall–Kier alpha value is -2.74. The van der Waals surface area contributed by atoms with Gasteiger partial charge in [0.15, 0.2) is 0 Å². The maximum atomic E-state index is 12.2. The fraction of sp³-hybridized carbons (Fsp3) is 0.600. The maximum Gasteiger partial charge on any atom is 0.308 e. The van der Waals surface area contributed by atoms with Crippen LogP contribution in [0.2, 0.25) is 0 Å². The molecular weight excluding hydrogens is 416 g/mol. The van der Waals surface area contributed by atoms with Crippen molar-refractivity contribution in [1.29, 1.82) is 0 Å². The van der Waals surface area contributed by atoms with E-state index in [9.17, 15) is 4.79 Å². The zero-order chi connectivity index (χ0) is 24.5. The topological polar surface area (TPSA) is 101 Å². The molecule has 2 unspecified atom stereocenters. The number of aromatic nitrogens is 1. The number of allylic oxidation sites excluding steroid dienone is 1. The lowest BCUT2D eigenvalue weighted by Gasteiger charge is -2.26. The highest BCUT2D eigenvalue weighted by atomic mass is 16.5. The van der Waals surface area contributed by atoms with E-state index in [2.05, 4.69) is 42.7 Å². The predicted octanol–water partition coefficient (Wildman–Crippen LogP) is 2.96. The second-order valence-electron chi connectivity index (χ2n) is 8.73. The van der Waals surface area contributed by atoms with Gasteiger partial charge in [-0.1, -0.05) is 26.8 Å². The number of anilines is 1. The largest absolute Gasteiger partial charge is 0.469 e. The summed E-state index contributed by atoms with van der Waals surface area (Å²) in [5.41, 5.74) is 10.8. The lowest BCUT2D eigenvalue weighted by Crippen LogP contribution is -2.33. The third kappa shape index (κ3) is 6.63. The molecule has 1 aliphatic rings. The number of hydrogen-bond donors (Lipinski definition) is 2. The number of likely N-dealkylation sites (N-methyl/N-ethyl adjacent to an activating group) is 2. The number of carbonyl (C=O) groups excluding carboxylic acids is 1. The van der Waals surface area contributed by atoms with Crippen LogP contribution in [0.5, 0.6) is 0 Å². The average Bonchev–Trinajstić information content (AvgIpc) is 3.29. The summed E-state index contributed by atoms with van der Waals surface area (Å²) >= 11 is 0. The van der Waals surface area contributed by atoms with E-state index in [-0.39, 0.29) is 11.9 Å². The molecule has 1 aromatic rings. The van der Waals surface area contributed by atoms with Crippen molar-refractivity contribution in [3.63, 3.8) is 0 Å². The summed E-state index contributed by atoms with van der Waals surface area (Å²) in [5, 5.41) is 1.57. The van der Waals surface area contributed by atoms with Crippen LogP contribution in [-0.4, -0.2) is 61.7 Å². The second kappa shape index (κ2) is 12.5. The van der Waals surface area contributed by atoms with E-state index in [1.807, 2.05) is 19.3 Å². The van der Waals surface area contributed by atoms with E-state index in [4.69, 9.17) is 21.3 Å². The lowest BCUT2D eigenvalue weighted by atomic mass is 9.89. The third-order valence-electron chi connectivity index (χ3n) is 6.37. The summed E-state index contributed by atoms with van der Waals surface area (Å²) in [6, 6.07) is 4.07. The van der Waals surface area contributed by atoms with Crippen LogP contribution in [0.4, 0.5) is 5.69 Å². The molecule has 0 radical (unpaired) electrons. The zero-order valence-corrected chi connectivity index (χ0v) is 21.2. The molecule has 0 aliphatic carbocycles. The molecule has 33 heavy (non-hydrogen) atoms. The second-order valence-corrected chi connectivity index (χ2v) is 8.73. The highest BCUT2D eigenvalue weighted by molar-refractivity contribution is 5.73. The minimum absolute atomic E-state index is 0.0581. The van der Waals surface area contributed by atoms with E-state index >= 15 is 0 Å². The molecule has 0 saturated carbocycles. The van der Waals surface area contributed by atoms with Crippen LogP contribution in [0.3, 0.4) is 0 Å². The van der Waals surface area contributed by atoms with Crippen molar-refractivity contribution in [1.82, 2.24) is 14.9 Å². The molecule has 0 aromatic carbocycles. The number of nitrogens with two attached hydrogens (primary N) is 2. The smallest absolute Gasteiger partial charge is 0.308 e. The number of methoxy groups -OCH3 is 1. The van der Waals surface area contributed by atoms with Gasteiger partial charge in [0.25, 0.3) is 0 Å². The molecule has 0 amide bonds. The van der Waals surface area contributed by atoms with Crippen molar-refractivity contribution in [3.8, 4) is 0 Å². The van der Waals surface area contributed by atoms with Gasteiger partial charge >= 0.3 is 5.97 Å². The first kappa shape index (κ1) is 26.5. The highest BCUT2D eigenvalue weighted by Gasteiger charge is 2.34. The monoisotopic (exact) mass is 458 g/mol. The van der Waals surface area contributed by atoms with Crippen LogP contribution in [0.1, 0.15) is 51.4 Å². The lowest BCUT2D eigenvalue weighted by molar-refractivity contribution is -0.147. The van der Waals surface area contributed by atoms with Gasteiger partial charge in [0.1, 0.15) is 0 Å². The van der Waals surface area contributed by atoms with Gasteiger partial charge in [0.2, 0.25) is 0 Å². The van der Waals surface area contributed by atoms with Crippen molar-refractivity contribution in [2.24, 2.45) is 23.4 Å². The number of pyridine rings is 1. The average molecular weight is 459 g/mol. The van der Waals surface area contributed by atoms with Gasteiger partial charge in [-0.15, -0.1) is 0 Å². The fourth-order valence-corrected chi connectivity index (χ4v) is 4.48. The number of carbonyl (C=O) groups is 1. The van der Waals surface area contributed by atoms with Crippen LogP contribution in [0.15, 0.2) is 30.1 Å². The molecule has 8 nitrogen and oxygen atoms in total. The van der Waals surface area contributed by atoms with Crippen molar-refractivity contribution in [2.75, 3.05) is 45.7 Å². The van der Waals surface area contributed by atoms with Crippen LogP contribution in [0.25, 0.3) is 5.70 Å². The summed E-state index contributed by atoms with van der Waals surface area (Å²) in [6.45, 7) is 8.57. The third-order valence-corrected chi connectivity index (χ3v) is 6.37. The summed E-state index contributed by atoms with van der Waals surface area (Å²) in [6.07, 6.45) is 7.66. The molecule has 1 fully saturated rings. The van der Waals surface area contributed by atoms with Crippen LogP contribution >= 0.6 is 0 Å². The van der Waals surface area contributed by atoms with Crippen molar-refractivity contribution < 1.29 is 9.53 Å². The van der Waals surface area contributed by atoms with Gasteiger partial charge < -0.3 is 25.3 Å². The maximum absolute atomic E-state index is 12.2.